The number of carbonyl (C=O) groups is 1. The van der Waals surface area contributed by atoms with E-state index in [1.807, 2.05) is 6.07 Å². The zero-order valence-electron chi connectivity index (χ0n) is 15.1. The monoisotopic (exact) mass is 400 g/mol. The summed E-state index contributed by atoms with van der Waals surface area (Å²) in [6.45, 7) is 1.36. The van der Waals surface area contributed by atoms with Gasteiger partial charge in [-0.2, -0.15) is 9.57 Å². The van der Waals surface area contributed by atoms with Gasteiger partial charge in [0.25, 0.3) is 0 Å². The van der Waals surface area contributed by atoms with Crippen molar-refractivity contribution in [3.8, 4) is 6.07 Å². The van der Waals surface area contributed by atoms with E-state index < -0.39 is 10.0 Å². The maximum atomic E-state index is 12.7. The van der Waals surface area contributed by atoms with E-state index in [-0.39, 0.29) is 17.3 Å². The van der Waals surface area contributed by atoms with Gasteiger partial charge in [0.15, 0.2) is 0 Å². The summed E-state index contributed by atoms with van der Waals surface area (Å²) < 4.78 is 32.0. The molecule has 2 aromatic rings. The van der Waals surface area contributed by atoms with Crippen molar-refractivity contribution in [2.45, 2.75) is 4.90 Å². The van der Waals surface area contributed by atoms with Crippen molar-refractivity contribution in [2.24, 2.45) is 0 Å². The van der Waals surface area contributed by atoms with Crippen LogP contribution in [0.4, 0.5) is 11.4 Å². The van der Waals surface area contributed by atoms with Gasteiger partial charge in [0.1, 0.15) is 0 Å². The average molecular weight is 400 g/mol. The lowest BCUT2D eigenvalue weighted by atomic mass is 10.2. The van der Waals surface area contributed by atoms with Gasteiger partial charge in [-0.15, -0.1) is 0 Å². The van der Waals surface area contributed by atoms with Crippen LogP contribution in [0.5, 0.6) is 0 Å². The van der Waals surface area contributed by atoms with Gasteiger partial charge in [-0.3, -0.25) is 4.79 Å². The maximum absolute atomic E-state index is 12.7. The Morgan fingerprint density at radius 3 is 2.57 bits per heavy atom. The van der Waals surface area contributed by atoms with E-state index in [0.717, 1.165) is 0 Å². The molecule has 1 aliphatic rings. The number of nitrogens with one attached hydrogen (secondary N) is 2. The van der Waals surface area contributed by atoms with Crippen molar-refractivity contribution in [1.29, 1.82) is 5.26 Å². The fourth-order valence-electron chi connectivity index (χ4n) is 2.76. The van der Waals surface area contributed by atoms with E-state index >= 15 is 0 Å². The molecule has 2 aromatic carbocycles. The SMILES string of the molecule is N#Cc1cccc(NC(=O)CNc2cccc(S(=O)(=O)N3CCOCC3)c2)c1. The fraction of sp³-hybridized carbons (Fsp3) is 0.263. The summed E-state index contributed by atoms with van der Waals surface area (Å²) in [6, 6.07) is 15.0. The predicted molar refractivity (Wildman–Crippen MR) is 104 cm³/mol. The van der Waals surface area contributed by atoms with Crippen LogP contribution < -0.4 is 10.6 Å². The lowest BCUT2D eigenvalue weighted by Gasteiger charge is -2.26. The summed E-state index contributed by atoms with van der Waals surface area (Å²) >= 11 is 0. The van der Waals surface area contributed by atoms with Gasteiger partial charge in [0.05, 0.1) is 36.3 Å². The van der Waals surface area contributed by atoms with Crippen LogP contribution in [0.3, 0.4) is 0 Å². The second kappa shape index (κ2) is 8.84. The van der Waals surface area contributed by atoms with Crippen LogP contribution in [-0.4, -0.2) is 51.5 Å². The number of nitriles is 1. The first kappa shape index (κ1) is 19.8. The molecule has 1 fully saturated rings. The molecule has 1 amide bonds. The van der Waals surface area contributed by atoms with E-state index in [0.29, 0.717) is 43.2 Å². The number of sulfonamides is 1. The molecule has 8 nitrogen and oxygen atoms in total. The van der Waals surface area contributed by atoms with E-state index in [1.165, 1.54) is 16.4 Å². The Hall–Kier alpha value is -2.93. The summed E-state index contributed by atoms with van der Waals surface area (Å²) in [5.74, 6) is -0.309. The Morgan fingerprint density at radius 1 is 1.11 bits per heavy atom. The third kappa shape index (κ3) is 4.86. The van der Waals surface area contributed by atoms with Gasteiger partial charge in [-0.1, -0.05) is 12.1 Å². The van der Waals surface area contributed by atoms with Crippen molar-refractivity contribution < 1.29 is 17.9 Å². The highest BCUT2D eigenvalue weighted by atomic mass is 32.2. The fourth-order valence-corrected chi connectivity index (χ4v) is 4.21. The summed E-state index contributed by atoms with van der Waals surface area (Å²) in [4.78, 5) is 12.3. The molecule has 9 heteroatoms. The number of ether oxygens (including phenoxy) is 1. The molecule has 146 valence electrons. The van der Waals surface area contributed by atoms with Gasteiger partial charge in [0.2, 0.25) is 15.9 Å². The van der Waals surface area contributed by atoms with E-state index in [2.05, 4.69) is 10.6 Å². The predicted octanol–water partition coefficient (Wildman–Crippen LogP) is 1.63. The molecule has 1 saturated heterocycles. The summed E-state index contributed by atoms with van der Waals surface area (Å²) in [5.41, 5.74) is 1.50. The van der Waals surface area contributed by atoms with E-state index in [1.54, 1.807) is 36.4 Å². The van der Waals surface area contributed by atoms with Crippen LogP contribution >= 0.6 is 0 Å². The summed E-state index contributed by atoms with van der Waals surface area (Å²) in [7, 11) is -3.60. The van der Waals surface area contributed by atoms with Crippen molar-refractivity contribution in [2.75, 3.05) is 43.5 Å². The first-order valence-corrected chi connectivity index (χ1v) is 10.1. The number of nitrogens with zero attached hydrogens (tertiary/aromatic N) is 2. The summed E-state index contributed by atoms with van der Waals surface area (Å²) in [6.07, 6.45) is 0. The molecule has 0 atom stereocenters. The molecule has 0 bridgehead atoms. The molecule has 0 aromatic heterocycles. The van der Waals surface area contributed by atoms with Crippen LogP contribution in [0.2, 0.25) is 0 Å². The number of amides is 1. The molecule has 0 radical (unpaired) electrons. The highest BCUT2D eigenvalue weighted by molar-refractivity contribution is 7.89. The zero-order chi connectivity index (χ0) is 20.0. The van der Waals surface area contributed by atoms with Gasteiger partial charge < -0.3 is 15.4 Å². The second-order valence-corrected chi connectivity index (χ2v) is 8.08. The lowest BCUT2D eigenvalue weighted by Crippen LogP contribution is -2.40. The smallest absolute Gasteiger partial charge is 0.243 e. The molecular formula is C19H20N4O4S. The van der Waals surface area contributed by atoms with Crippen LogP contribution in [0, 0.1) is 11.3 Å². The van der Waals surface area contributed by atoms with Gasteiger partial charge in [-0.05, 0) is 36.4 Å². The maximum Gasteiger partial charge on any atom is 0.243 e. The second-order valence-electron chi connectivity index (χ2n) is 6.14. The molecule has 1 heterocycles. The minimum absolute atomic E-state index is 0.0438. The van der Waals surface area contributed by atoms with Gasteiger partial charge in [-0.25, -0.2) is 8.42 Å². The van der Waals surface area contributed by atoms with Crippen LogP contribution in [0.25, 0.3) is 0 Å². The Morgan fingerprint density at radius 2 is 1.82 bits per heavy atom. The third-order valence-electron chi connectivity index (χ3n) is 4.17. The lowest BCUT2D eigenvalue weighted by molar-refractivity contribution is -0.114. The highest BCUT2D eigenvalue weighted by Gasteiger charge is 2.26. The molecule has 28 heavy (non-hydrogen) atoms. The number of morpholine rings is 1. The van der Waals surface area contributed by atoms with Crippen molar-refractivity contribution in [3.63, 3.8) is 0 Å². The Bertz CT molecular complexity index is 995. The zero-order valence-corrected chi connectivity index (χ0v) is 15.9. The Balaban J connectivity index is 1.63. The molecule has 2 N–H and O–H groups in total. The number of hydrogen-bond acceptors (Lipinski definition) is 6. The molecular weight excluding hydrogens is 380 g/mol. The first-order valence-electron chi connectivity index (χ1n) is 8.71. The first-order chi connectivity index (χ1) is 13.5. The van der Waals surface area contributed by atoms with Crippen LogP contribution in [0.1, 0.15) is 5.56 Å². The van der Waals surface area contributed by atoms with Crippen molar-refractivity contribution in [1.82, 2.24) is 4.31 Å². The van der Waals surface area contributed by atoms with Crippen molar-refractivity contribution in [3.05, 3.63) is 54.1 Å². The number of hydrogen-bond donors (Lipinski definition) is 2. The van der Waals surface area contributed by atoms with E-state index in [9.17, 15) is 13.2 Å². The number of carbonyl (C=O) groups excluding carboxylic acids is 1. The number of rotatable bonds is 6. The third-order valence-corrected chi connectivity index (χ3v) is 6.06. The Labute approximate surface area is 163 Å². The van der Waals surface area contributed by atoms with Crippen LogP contribution in [0.15, 0.2) is 53.4 Å². The quantitative estimate of drug-likeness (QED) is 0.762. The molecule has 0 unspecified atom stereocenters. The van der Waals surface area contributed by atoms with Crippen molar-refractivity contribution >= 4 is 27.3 Å². The van der Waals surface area contributed by atoms with Crippen LogP contribution in [-0.2, 0) is 19.6 Å². The highest BCUT2D eigenvalue weighted by Crippen LogP contribution is 2.20. The largest absolute Gasteiger partial charge is 0.379 e. The molecule has 0 saturated carbocycles. The standard InChI is InChI=1S/C19H20N4O4S/c20-13-15-3-1-5-17(11-15)22-19(24)14-21-16-4-2-6-18(12-16)28(25,26)23-7-9-27-10-8-23/h1-6,11-12,21H,7-10,14H2,(H,22,24). The van der Waals surface area contributed by atoms with Gasteiger partial charge in [0, 0.05) is 24.5 Å². The molecule has 1 aliphatic heterocycles. The number of anilines is 2. The normalized spacial score (nSPS) is 14.8. The molecule has 3 rings (SSSR count). The minimum atomic E-state index is -3.60. The molecule has 0 aliphatic carbocycles. The minimum Gasteiger partial charge on any atom is -0.379 e. The topological polar surface area (TPSA) is 112 Å². The average Bonchev–Trinajstić information content (AvgIpc) is 2.73. The summed E-state index contributed by atoms with van der Waals surface area (Å²) in [5, 5.41) is 14.5. The molecule has 0 spiro atoms. The van der Waals surface area contributed by atoms with E-state index in [4.69, 9.17) is 10.00 Å². The number of benzene rings is 2. The van der Waals surface area contributed by atoms with Gasteiger partial charge >= 0.3 is 0 Å². The Kier molecular flexibility index (Phi) is 6.26.